The second-order valence-electron chi connectivity index (χ2n) is 5.41. The predicted octanol–water partition coefficient (Wildman–Crippen LogP) is 1.60. The fourth-order valence-corrected chi connectivity index (χ4v) is 2.44. The first-order chi connectivity index (χ1) is 11.2. The fourth-order valence-electron chi connectivity index (χ4n) is 2.44. The minimum Gasteiger partial charge on any atom is -0.382 e. The molecular weight excluding hydrogens is 296 g/mol. The lowest BCUT2D eigenvalue weighted by atomic mass is 10.2. The first-order valence-electron chi connectivity index (χ1n) is 7.97. The average molecular weight is 320 g/mol. The molecule has 2 amide bonds. The van der Waals surface area contributed by atoms with Gasteiger partial charge in [0.05, 0.1) is 13.2 Å². The third kappa shape index (κ3) is 5.33. The number of benzene rings is 1. The van der Waals surface area contributed by atoms with Crippen molar-refractivity contribution in [2.45, 2.75) is 19.3 Å². The second kappa shape index (κ2) is 9.27. The van der Waals surface area contributed by atoms with Crippen LogP contribution in [0.3, 0.4) is 0 Å². The van der Waals surface area contributed by atoms with Gasteiger partial charge in [-0.15, -0.1) is 0 Å². The molecule has 0 aromatic heterocycles. The summed E-state index contributed by atoms with van der Waals surface area (Å²) in [4.78, 5) is 25.5. The summed E-state index contributed by atoms with van der Waals surface area (Å²) in [6, 6.07) is 7.16. The van der Waals surface area contributed by atoms with Crippen LogP contribution >= 0.6 is 0 Å². The Morgan fingerprint density at radius 3 is 2.65 bits per heavy atom. The lowest BCUT2D eigenvalue weighted by Gasteiger charge is -2.15. The molecule has 0 radical (unpaired) electrons. The molecule has 1 fully saturated rings. The summed E-state index contributed by atoms with van der Waals surface area (Å²) in [5, 5.41) is 2.86. The lowest BCUT2D eigenvalue weighted by Crippen LogP contribution is -2.26. The summed E-state index contributed by atoms with van der Waals surface area (Å²) in [7, 11) is 1.63. The summed E-state index contributed by atoms with van der Waals surface area (Å²) >= 11 is 0. The number of nitrogens with zero attached hydrogens (tertiary/aromatic N) is 1. The van der Waals surface area contributed by atoms with Crippen molar-refractivity contribution in [2.24, 2.45) is 0 Å². The Kier molecular flexibility index (Phi) is 7.03. The Morgan fingerprint density at radius 2 is 2.00 bits per heavy atom. The third-order valence-corrected chi connectivity index (χ3v) is 3.70. The Morgan fingerprint density at radius 1 is 1.22 bits per heavy atom. The van der Waals surface area contributed by atoms with Crippen molar-refractivity contribution in [3.8, 4) is 0 Å². The molecular formula is C17H24N2O4. The average Bonchev–Trinajstić information content (AvgIpc) is 3.00. The van der Waals surface area contributed by atoms with Crippen LogP contribution < -0.4 is 10.2 Å². The molecule has 126 valence electrons. The van der Waals surface area contributed by atoms with E-state index in [9.17, 15) is 9.59 Å². The van der Waals surface area contributed by atoms with E-state index in [-0.39, 0.29) is 11.8 Å². The predicted molar refractivity (Wildman–Crippen MR) is 87.7 cm³/mol. The van der Waals surface area contributed by atoms with E-state index in [0.29, 0.717) is 38.3 Å². The third-order valence-electron chi connectivity index (χ3n) is 3.70. The topological polar surface area (TPSA) is 67.9 Å². The summed E-state index contributed by atoms with van der Waals surface area (Å²) in [6.07, 6.45) is 2.26. The van der Waals surface area contributed by atoms with Crippen molar-refractivity contribution in [3.63, 3.8) is 0 Å². The molecule has 6 heteroatoms. The summed E-state index contributed by atoms with van der Waals surface area (Å²) in [5.41, 5.74) is 1.45. The van der Waals surface area contributed by atoms with Gasteiger partial charge in [-0.1, -0.05) is 0 Å². The number of carbonyl (C=O) groups excluding carboxylic acids is 2. The van der Waals surface area contributed by atoms with Gasteiger partial charge in [-0.05, 0) is 37.1 Å². The Balaban J connectivity index is 1.71. The van der Waals surface area contributed by atoms with Gasteiger partial charge in [0.1, 0.15) is 0 Å². The largest absolute Gasteiger partial charge is 0.382 e. The lowest BCUT2D eigenvalue weighted by molar-refractivity contribution is -0.117. The van der Waals surface area contributed by atoms with E-state index in [0.717, 1.165) is 25.1 Å². The zero-order chi connectivity index (χ0) is 16.5. The number of anilines is 1. The molecule has 1 N–H and O–H groups in total. The van der Waals surface area contributed by atoms with Crippen molar-refractivity contribution in [2.75, 3.05) is 44.9 Å². The van der Waals surface area contributed by atoms with Crippen LogP contribution in [0, 0.1) is 0 Å². The number of ether oxygens (including phenoxy) is 2. The van der Waals surface area contributed by atoms with E-state index >= 15 is 0 Å². The molecule has 1 aromatic carbocycles. The monoisotopic (exact) mass is 320 g/mol. The van der Waals surface area contributed by atoms with Crippen LogP contribution in [-0.2, 0) is 14.3 Å². The van der Waals surface area contributed by atoms with Crippen LogP contribution in [0.1, 0.15) is 29.6 Å². The number of hydrogen-bond donors (Lipinski definition) is 1. The van der Waals surface area contributed by atoms with E-state index in [1.165, 1.54) is 0 Å². The van der Waals surface area contributed by atoms with Crippen molar-refractivity contribution in [1.82, 2.24) is 5.32 Å². The van der Waals surface area contributed by atoms with Gasteiger partial charge in [0.2, 0.25) is 5.91 Å². The quantitative estimate of drug-likeness (QED) is 0.702. The SMILES string of the molecule is COCCOCCCNC(=O)c1ccc(N2CCCC2=O)cc1. The highest BCUT2D eigenvalue weighted by Crippen LogP contribution is 2.21. The highest BCUT2D eigenvalue weighted by atomic mass is 16.5. The Bertz CT molecular complexity index is 516. The van der Waals surface area contributed by atoms with E-state index in [1.54, 1.807) is 24.1 Å². The molecule has 6 nitrogen and oxygen atoms in total. The minimum absolute atomic E-state index is 0.110. The molecule has 0 spiro atoms. The molecule has 23 heavy (non-hydrogen) atoms. The summed E-state index contributed by atoms with van der Waals surface area (Å²) in [6.45, 7) is 3.07. The van der Waals surface area contributed by atoms with Gasteiger partial charge in [0.15, 0.2) is 0 Å². The van der Waals surface area contributed by atoms with Crippen LogP contribution in [0.4, 0.5) is 5.69 Å². The Hall–Kier alpha value is -1.92. The summed E-state index contributed by atoms with van der Waals surface area (Å²) in [5.74, 6) is 0.0388. The molecule has 1 heterocycles. The number of hydrogen-bond acceptors (Lipinski definition) is 4. The maximum atomic E-state index is 12.0. The van der Waals surface area contributed by atoms with Crippen LogP contribution in [0.2, 0.25) is 0 Å². The number of carbonyl (C=O) groups is 2. The number of methoxy groups -OCH3 is 1. The smallest absolute Gasteiger partial charge is 0.251 e. The maximum Gasteiger partial charge on any atom is 0.251 e. The molecule has 0 unspecified atom stereocenters. The molecule has 2 rings (SSSR count). The van der Waals surface area contributed by atoms with Crippen LogP contribution in [-0.4, -0.2) is 51.8 Å². The fraction of sp³-hybridized carbons (Fsp3) is 0.529. The van der Waals surface area contributed by atoms with Crippen LogP contribution in [0.15, 0.2) is 24.3 Å². The molecule has 0 saturated carbocycles. The standard InChI is InChI=1S/C17H24N2O4/c1-22-12-13-23-11-3-9-18-17(21)14-5-7-15(8-6-14)19-10-2-4-16(19)20/h5-8H,2-4,9-13H2,1H3,(H,18,21). The first kappa shape index (κ1) is 17.4. The van der Waals surface area contributed by atoms with Crippen molar-refractivity contribution >= 4 is 17.5 Å². The first-order valence-corrected chi connectivity index (χ1v) is 7.97. The maximum absolute atomic E-state index is 12.0. The van der Waals surface area contributed by atoms with Gasteiger partial charge < -0.3 is 19.7 Å². The van der Waals surface area contributed by atoms with Crippen molar-refractivity contribution < 1.29 is 19.1 Å². The van der Waals surface area contributed by atoms with Gasteiger partial charge in [-0.2, -0.15) is 0 Å². The second-order valence-corrected chi connectivity index (χ2v) is 5.41. The van der Waals surface area contributed by atoms with Crippen molar-refractivity contribution in [3.05, 3.63) is 29.8 Å². The van der Waals surface area contributed by atoms with Crippen LogP contribution in [0.5, 0.6) is 0 Å². The van der Waals surface area contributed by atoms with Gasteiger partial charge >= 0.3 is 0 Å². The normalized spacial score (nSPS) is 14.3. The molecule has 1 aromatic rings. The number of nitrogens with one attached hydrogen (secondary N) is 1. The number of amides is 2. The molecule has 1 aliphatic heterocycles. The zero-order valence-corrected chi connectivity index (χ0v) is 13.5. The van der Waals surface area contributed by atoms with Crippen molar-refractivity contribution in [1.29, 1.82) is 0 Å². The molecule has 1 saturated heterocycles. The van der Waals surface area contributed by atoms with Gasteiger partial charge in [0.25, 0.3) is 5.91 Å². The van der Waals surface area contributed by atoms with E-state index in [4.69, 9.17) is 9.47 Å². The minimum atomic E-state index is -0.110. The highest BCUT2D eigenvalue weighted by Gasteiger charge is 2.21. The Labute approximate surface area is 136 Å². The highest BCUT2D eigenvalue weighted by molar-refractivity contribution is 5.97. The van der Waals surface area contributed by atoms with Gasteiger partial charge in [0, 0.05) is 44.5 Å². The van der Waals surface area contributed by atoms with Gasteiger partial charge in [-0.3, -0.25) is 9.59 Å². The van der Waals surface area contributed by atoms with Crippen LogP contribution in [0.25, 0.3) is 0 Å². The van der Waals surface area contributed by atoms with E-state index in [1.807, 2.05) is 12.1 Å². The molecule has 0 aliphatic carbocycles. The van der Waals surface area contributed by atoms with Gasteiger partial charge in [-0.25, -0.2) is 0 Å². The zero-order valence-electron chi connectivity index (χ0n) is 13.5. The van der Waals surface area contributed by atoms with E-state index < -0.39 is 0 Å². The molecule has 1 aliphatic rings. The molecule has 0 atom stereocenters. The number of rotatable bonds is 9. The molecule has 0 bridgehead atoms. The van der Waals surface area contributed by atoms with E-state index in [2.05, 4.69) is 5.32 Å². The summed E-state index contributed by atoms with van der Waals surface area (Å²) < 4.78 is 10.2.